The van der Waals surface area contributed by atoms with Gasteiger partial charge in [0.15, 0.2) is 4.34 Å². The molecule has 0 bridgehead atoms. The molecule has 30 heavy (non-hydrogen) atoms. The number of anilines is 2. The van der Waals surface area contributed by atoms with Gasteiger partial charge in [-0.25, -0.2) is 8.42 Å². The minimum Gasteiger partial charge on any atom is -0.299 e. The van der Waals surface area contributed by atoms with E-state index < -0.39 is 22.5 Å². The van der Waals surface area contributed by atoms with Crippen LogP contribution in [0.3, 0.4) is 0 Å². The van der Waals surface area contributed by atoms with Gasteiger partial charge in [0.25, 0.3) is 10.0 Å². The molecule has 10 heteroatoms. The molecule has 0 aliphatic heterocycles. The van der Waals surface area contributed by atoms with Crippen molar-refractivity contribution in [2.75, 3.05) is 21.9 Å². The van der Waals surface area contributed by atoms with E-state index in [1.807, 2.05) is 13.0 Å². The lowest BCUT2D eigenvalue weighted by Gasteiger charge is -2.24. The number of hydrogen-bond donors (Lipinski definition) is 1. The molecule has 2 aromatic carbocycles. The number of carbonyl (C=O) groups is 1. The molecule has 0 saturated heterocycles. The molecule has 3 aromatic rings. The number of hydrogen-bond acceptors (Lipinski definition) is 7. The summed E-state index contributed by atoms with van der Waals surface area (Å²) in [7, 11) is -3.94. The summed E-state index contributed by atoms with van der Waals surface area (Å²) in [6, 6.07) is 15.0. The maximum absolute atomic E-state index is 13.3. The minimum absolute atomic E-state index is 0.110. The number of rotatable bonds is 9. The Morgan fingerprint density at radius 1 is 1.20 bits per heavy atom. The molecular formula is C20H20N4O3S3. The first-order valence-corrected chi connectivity index (χ1v) is 12.2. The summed E-state index contributed by atoms with van der Waals surface area (Å²) in [5, 5.41) is 10.9. The highest BCUT2D eigenvalue weighted by Crippen LogP contribution is 2.27. The van der Waals surface area contributed by atoms with Crippen molar-refractivity contribution in [1.82, 2.24) is 10.2 Å². The number of aromatic nitrogens is 2. The monoisotopic (exact) mass is 460 g/mol. The van der Waals surface area contributed by atoms with E-state index in [2.05, 4.69) is 22.1 Å². The Morgan fingerprint density at radius 2 is 1.97 bits per heavy atom. The van der Waals surface area contributed by atoms with Crippen LogP contribution < -0.4 is 9.62 Å². The molecule has 7 nitrogen and oxygen atoms in total. The molecule has 1 heterocycles. The van der Waals surface area contributed by atoms with Gasteiger partial charge in [-0.15, -0.1) is 16.8 Å². The number of thioether (sulfide) groups is 1. The summed E-state index contributed by atoms with van der Waals surface area (Å²) in [6.45, 7) is 5.12. The molecule has 0 atom stereocenters. The molecular weight excluding hydrogens is 440 g/mol. The van der Waals surface area contributed by atoms with E-state index in [1.165, 1.54) is 35.2 Å². The number of aryl methyl sites for hydroxylation is 1. The van der Waals surface area contributed by atoms with Crippen molar-refractivity contribution in [1.29, 1.82) is 0 Å². The lowest BCUT2D eigenvalue weighted by Crippen LogP contribution is -2.38. The fourth-order valence-corrected chi connectivity index (χ4v) is 5.52. The molecule has 0 fully saturated rings. The van der Waals surface area contributed by atoms with E-state index >= 15 is 0 Å². The fourth-order valence-electron chi connectivity index (χ4n) is 2.56. The van der Waals surface area contributed by atoms with Gasteiger partial charge in [-0.1, -0.05) is 59.5 Å². The maximum atomic E-state index is 13.3. The third kappa shape index (κ3) is 5.47. The first kappa shape index (κ1) is 22.0. The van der Waals surface area contributed by atoms with Gasteiger partial charge in [0, 0.05) is 5.75 Å². The van der Waals surface area contributed by atoms with Gasteiger partial charge in [-0.2, -0.15) is 0 Å². The van der Waals surface area contributed by atoms with Crippen molar-refractivity contribution in [3.63, 3.8) is 0 Å². The first-order valence-electron chi connectivity index (χ1n) is 8.91. The smallest absolute Gasteiger partial charge is 0.264 e. The van der Waals surface area contributed by atoms with Crippen LogP contribution in [0.1, 0.15) is 5.56 Å². The third-order valence-electron chi connectivity index (χ3n) is 3.89. The Labute approximate surface area is 183 Å². The second-order valence-electron chi connectivity index (χ2n) is 6.18. The number of sulfonamides is 1. The lowest BCUT2D eigenvalue weighted by atomic mass is 10.2. The quantitative estimate of drug-likeness (QED) is 0.295. The Morgan fingerprint density at radius 3 is 2.67 bits per heavy atom. The largest absolute Gasteiger partial charge is 0.299 e. The molecule has 1 aromatic heterocycles. The summed E-state index contributed by atoms with van der Waals surface area (Å²) in [5.74, 6) is 0.173. The lowest BCUT2D eigenvalue weighted by molar-refractivity contribution is -0.114. The van der Waals surface area contributed by atoms with Gasteiger partial charge < -0.3 is 0 Å². The molecule has 0 unspecified atom stereocenters. The second-order valence-corrected chi connectivity index (χ2v) is 10.3. The highest BCUT2D eigenvalue weighted by atomic mass is 32.2. The van der Waals surface area contributed by atoms with Crippen LogP contribution in [0.25, 0.3) is 0 Å². The number of benzene rings is 2. The van der Waals surface area contributed by atoms with E-state index in [0.29, 0.717) is 20.9 Å². The van der Waals surface area contributed by atoms with Crippen molar-refractivity contribution >= 4 is 49.8 Å². The van der Waals surface area contributed by atoms with Crippen LogP contribution in [0, 0.1) is 6.92 Å². The van der Waals surface area contributed by atoms with E-state index in [0.717, 1.165) is 9.87 Å². The number of amides is 1. The molecule has 156 valence electrons. The molecule has 1 N–H and O–H groups in total. The average molecular weight is 461 g/mol. The topological polar surface area (TPSA) is 92.3 Å². The Balaban J connectivity index is 1.85. The number of carbonyl (C=O) groups excluding carboxylic acids is 1. The summed E-state index contributed by atoms with van der Waals surface area (Å²) in [5.41, 5.74) is 1.29. The van der Waals surface area contributed by atoms with Crippen molar-refractivity contribution < 1.29 is 13.2 Å². The van der Waals surface area contributed by atoms with Gasteiger partial charge in [0.05, 0.1) is 10.6 Å². The summed E-state index contributed by atoms with van der Waals surface area (Å²) < 4.78 is 28.3. The van der Waals surface area contributed by atoms with Crippen molar-refractivity contribution in [3.8, 4) is 0 Å². The van der Waals surface area contributed by atoms with Gasteiger partial charge in [0.1, 0.15) is 6.54 Å². The molecule has 0 spiro atoms. The van der Waals surface area contributed by atoms with Crippen LogP contribution >= 0.6 is 23.1 Å². The standard InChI is InChI=1S/C20H20N4O3S3/c1-3-12-28-20-23-22-19(29-20)21-18(25)14-24(16-9-7-8-15(2)13-16)30(26,27)17-10-5-4-6-11-17/h3-11,13H,1,12,14H2,2H3,(H,21,22,25). The van der Waals surface area contributed by atoms with E-state index in [4.69, 9.17) is 0 Å². The van der Waals surface area contributed by atoms with Crippen molar-refractivity contribution in [2.45, 2.75) is 16.2 Å². The van der Waals surface area contributed by atoms with Gasteiger partial charge in [0.2, 0.25) is 11.0 Å². The highest BCUT2D eigenvalue weighted by molar-refractivity contribution is 8.01. The highest BCUT2D eigenvalue weighted by Gasteiger charge is 2.27. The average Bonchev–Trinajstić information content (AvgIpc) is 3.18. The van der Waals surface area contributed by atoms with Gasteiger partial charge in [-0.05, 0) is 36.8 Å². The fraction of sp³-hybridized carbons (Fsp3) is 0.150. The predicted molar refractivity (Wildman–Crippen MR) is 122 cm³/mol. The third-order valence-corrected chi connectivity index (χ3v) is 7.64. The zero-order valence-electron chi connectivity index (χ0n) is 16.2. The predicted octanol–water partition coefficient (Wildman–Crippen LogP) is 3.96. The summed E-state index contributed by atoms with van der Waals surface area (Å²) in [4.78, 5) is 12.8. The van der Waals surface area contributed by atoms with E-state index in [1.54, 1.807) is 42.5 Å². The molecule has 0 radical (unpaired) electrons. The van der Waals surface area contributed by atoms with Crippen LogP contribution in [0.2, 0.25) is 0 Å². The number of nitrogens with zero attached hydrogens (tertiary/aromatic N) is 3. The number of nitrogens with one attached hydrogen (secondary N) is 1. The Hall–Kier alpha value is -2.69. The normalized spacial score (nSPS) is 11.1. The van der Waals surface area contributed by atoms with E-state index in [9.17, 15) is 13.2 Å². The van der Waals surface area contributed by atoms with Crippen molar-refractivity contribution in [3.05, 3.63) is 72.8 Å². The van der Waals surface area contributed by atoms with Gasteiger partial charge >= 0.3 is 0 Å². The second kappa shape index (κ2) is 9.88. The van der Waals surface area contributed by atoms with Crippen molar-refractivity contribution in [2.24, 2.45) is 0 Å². The van der Waals surface area contributed by atoms with Crippen LogP contribution in [0.15, 0.2) is 76.5 Å². The molecule has 1 amide bonds. The zero-order chi connectivity index (χ0) is 21.6. The zero-order valence-corrected chi connectivity index (χ0v) is 18.6. The first-order chi connectivity index (χ1) is 14.4. The maximum Gasteiger partial charge on any atom is 0.264 e. The minimum atomic E-state index is -3.94. The SMILES string of the molecule is C=CCSc1nnc(NC(=O)CN(c2cccc(C)c2)S(=O)(=O)c2ccccc2)s1. The molecule has 0 aliphatic carbocycles. The summed E-state index contributed by atoms with van der Waals surface area (Å²) in [6.07, 6.45) is 1.75. The van der Waals surface area contributed by atoms with Crippen LogP contribution in [-0.4, -0.2) is 36.8 Å². The van der Waals surface area contributed by atoms with Crippen LogP contribution in [0.4, 0.5) is 10.8 Å². The molecule has 0 saturated carbocycles. The Kier molecular flexibility index (Phi) is 7.24. The molecule has 0 aliphatic rings. The summed E-state index contributed by atoms with van der Waals surface area (Å²) >= 11 is 2.67. The van der Waals surface area contributed by atoms with Crippen LogP contribution in [-0.2, 0) is 14.8 Å². The van der Waals surface area contributed by atoms with Gasteiger partial charge in [-0.3, -0.25) is 14.4 Å². The van der Waals surface area contributed by atoms with E-state index in [-0.39, 0.29) is 4.90 Å². The molecule has 3 rings (SSSR count). The Bertz CT molecular complexity index is 1130. The van der Waals surface area contributed by atoms with Crippen LogP contribution in [0.5, 0.6) is 0 Å².